The van der Waals surface area contributed by atoms with Crippen LogP contribution in [0.3, 0.4) is 0 Å². The molecule has 0 aliphatic heterocycles. The Hall–Kier alpha value is -2.96. The zero-order valence-corrected chi connectivity index (χ0v) is 43.5. The molecule has 0 fully saturated rings. The zero-order chi connectivity index (χ0) is 48.3. The van der Waals surface area contributed by atoms with Crippen molar-refractivity contribution in [3.05, 3.63) is 120 Å². The van der Waals surface area contributed by atoms with Crippen molar-refractivity contribution in [3.63, 3.8) is 0 Å². The van der Waals surface area contributed by atoms with Gasteiger partial charge in [-0.3, -0.25) is 13.7 Å². The summed E-state index contributed by atoms with van der Waals surface area (Å²) < 4.78 is 95.6. The molecule has 0 aliphatic carbocycles. The first-order valence-electron chi connectivity index (χ1n) is 25.4. The molecule has 9 nitrogen and oxygen atoms in total. The third-order valence-electron chi connectivity index (χ3n) is 13.7. The molecule has 4 aromatic rings. The second-order valence-electron chi connectivity index (χ2n) is 19.0. The normalized spacial score (nSPS) is 12.7. The van der Waals surface area contributed by atoms with Gasteiger partial charge in [0.1, 0.15) is 0 Å². The smallest absolute Gasteiger partial charge is 0.0408 e. The van der Waals surface area contributed by atoms with Crippen LogP contribution in [-0.2, 0) is 49.6 Å². The Bertz CT molecular complexity index is 2050. The summed E-state index contributed by atoms with van der Waals surface area (Å²) >= 11 is 0. The van der Waals surface area contributed by atoms with E-state index in [1.165, 1.54) is 190 Å². The molecular weight excluding hydrogens is 920 g/mol. The van der Waals surface area contributed by atoms with E-state index < -0.39 is 37.6 Å². The summed E-state index contributed by atoms with van der Waals surface area (Å²) in [5.74, 6) is 0. The predicted octanol–water partition coefficient (Wildman–Crippen LogP) is 13.9. The maximum absolute atomic E-state index is 11.3. The van der Waals surface area contributed by atoms with Crippen LogP contribution < -0.4 is 5.30 Å². The summed E-state index contributed by atoms with van der Waals surface area (Å²) in [6.07, 6.45) is 36.6. The van der Waals surface area contributed by atoms with Gasteiger partial charge in [0, 0.05) is 0 Å². The number of hydrogen-bond acceptors (Lipinski definition) is 6. The van der Waals surface area contributed by atoms with E-state index >= 15 is 0 Å². The summed E-state index contributed by atoms with van der Waals surface area (Å²) in [4.78, 5) is -0.160. The first kappa shape index (κ1) is 56.6. The molecule has 374 valence electrons. The second kappa shape index (κ2) is 30.6. The fourth-order valence-corrected chi connectivity index (χ4v) is 16.4. The number of aryl methyl sites for hydroxylation is 3. The van der Waals surface area contributed by atoms with Crippen LogP contribution in [0.1, 0.15) is 171 Å². The molecule has 0 radical (unpaired) electrons. The summed E-state index contributed by atoms with van der Waals surface area (Å²) in [5, 5.41) is 1.66. The van der Waals surface area contributed by atoms with Gasteiger partial charge in [-0.2, -0.15) is 25.3 Å². The van der Waals surface area contributed by atoms with Gasteiger partial charge in [-0.05, 0) is 36.4 Å². The summed E-state index contributed by atoms with van der Waals surface area (Å²) in [6.45, 7) is 0. The van der Waals surface area contributed by atoms with E-state index in [1.807, 2.05) is 0 Å². The molecule has 0 saturated carbocycles. The van der Waals surface area contributed by atoms with Gasteiger partial charge in [0.05, 0.1) is 14.7 Å². The number of benzene rings is 4. The Morgan fingerprint density at radius 1 is 0.284 bits per heavy atom. The van der Waals surface area contributed by atoms with E-state index in [0.717, 1.165) is 55.2 Å². The van der Waals surface area contributed by atoms with Crippen molar-refractivity contribution in [2.75, 3.05) is 18.5 Å². The fraction of sp³-hybridized carbons (Fsp3) is 0.556. The molecule has 0 atom stereocenters. The van der Waals surface area contributed by atoms with Crippen molar-refractivity contribution in [3.8, 4) is 0 Å². The van der Waals surface area contributed by atoms with Crippen LogP contribution in [0.5, 0.6) is 0 Å². The molecule has 0 unspecified atom stereocenters. The van der Waals surface area contributed by atoms with E-state index in [2.05, 4.69) is 30.3 Å². The van der Waals surface area contributed by atoms with Crippen molar-refractivity contribution in [2.24, 2.45) is 0 Å². The van der Waals surface area contributed by atoms with Crippen LogP contribution in [0.15, 0.2) is 118 Å². The standard InChI is InChI=1S/C54H81O9PS3/c55-65(56,57)52-39-33-48(34-40-52)28-20-13-7-1-4-10-16-25-45-64(51-31-23-19-24-32-51,46-26-17-11-5-2-8-14-21-29-49-35-41-53(42-36-49)66(58,59)60)47-27-18-12-6-3-9-15-22-30-50-37-43-54(44-38-50)67(61,62)63/h19,23-24,31-44,64H,1-18,20-22,25-30,45-47H2,(H,55,56,57)(H,58,59,60)(H,61,62,63). The van der Waals surface area contributed by atoms with Crippen LogP contribution in [0.25, 0.3) is 0 Å². The fourth-order valence-electron chi connectivity index (χ4n) is 9.64. The van der Waals surface area contributed by atoms with Crippen LogP contribution >= 0.6 is 7.26 Å². The minimum absolute atomic E-state index is 0.0535. The quantitative estimate of drug-likeness (QED) is 0.0227. The monoisotopic (exact) mass is 1000 g/mol. The van der Waals surface area contributed by atoms with E-state index in [1.54, 1.807) is 41.7 Å². The molecule has 4 aromatic carbocycles. The number of unbranched alkanes of at least 4 members (excludes halogenated alkanes) is 21. The Kier molecular flexibility index (Phi) is 25.9. The SMILES string of the molecule is O=S(=O)(O)c1ccc(CCCCCCCCCC[PH](CCCCCCCCCCc2ccc(S(=O)(=O)O)cc2)(CCCCCCCCCCc2ccc(S(=O)(=O)O)cc2)c2ccccc2)cc1. The minimum Gasteiger partial charge on any atom is -0.0408 e. The van der Waals surface area contributed by atoms with Crippen LogP contribution in [0, 0.1) is 0 Å². The van der Waals surface area contributed by atoms with Gasteiger partial charge in [0.15, 0.2) is 0 Å². The Labute approximate surface area is 406 Å². The Morgan fingerprint density at radius 3 is 0.746 bits per heavy atom. The third kappa shape index (κ3) is 23.0. The summed E-state index contributed by atoms with van der Waals surface area (Å²) in [6, 6.07) is 31.2. The molecule has 3 N–H and O–H groups in total. The van der Waals surface area contributed by atoms with E-state index in [4.69, 9.17) is 0 Å². The molecular formula is C54H81O9PS3. The molecule has 0 bridgehead atoms. The van der Waals surface area contributed by atoms with Crippen molar-refractivity contribution in [1.29, 1.82) is 0 Å². The molecule has 4 rings (SSSR count). The van der Waals surface area contributed by atoms with Gasteiger partial charge in [-0.1, -0.05) is 0 Å². The molecule has 0 spiro atoms. The van der Waals surface area contributed by atoms with Gasteiger partial charge in [0.2, 0.25) is 0 Å². The topological polar surface area (TPSA) is 163 Å². The van der Waals surface area contributed by atoms with Crippen molar-refractivity contribution >= 4 is 42.9 Å². The summed E-state index contributed by atoms with van der Waals surface area (Å²) in [7, 11) is -14.2. The first-order chi connectivity index (χ1) is 32.2. The van der Waals surface area contributed by atoms with Crippen molar-refractivity contribution in [2.45, 2.75) is 188 Å². The first-order valence-corrected chi connectivity index (χ1v) is 32.3. The molecule has 67 heavy (non-hydrogen) atoms. The molecule has 0 heterocycles. The molecule has 0 aliphatic rings. The molecule has 13 heteroatoms. The average Bonchev–Trinajstić information content (AvgIpc) is 3.30. The second-order valence-corrected chi connectivity index (χ2v) is 27.9. The molecule has 0 aromatic heterocycles. The predicted molar refractivity (Wildman–Crippen MR) is 280 cm³/mol. The van der Waals surface area contributed by atoms with Crippen LogP contribution in [0.2, 0.25) is 0 Å². The number of rotatable bonds is 37. The van der Waals surface area contributed by atoms with E-state index in [9.17, 15) is 38.9 Å². The molecule has 0 saturated heterocycles. The maximum atomic E-state index is 11.3. The third-order valence-corrected chi connectivity index (χ3v) is 21.8. The van der Waals surface area contributed by atoms with Gasteiger partial charge in [-0.15, -0.1) is 0 Å². The minimum atomic E-state index is -4.15. The average molecular weight is 1000 g/mol. The number of hydrogen-bond donors (Lipinski definition) is 3. The Balaban J connectivity index is 1.17. The van der Waals surface area contributed by atoms with Gasteiger partial charge < -0.3 is 0 Å². The van der Waals surface area contributed by atoms with Gasteiger partial charge >= 0.3 is 288 Å². The van der Waals surface area contributed by atoms with Crippen molar-refractivity contribution < 1.29 is 38.9 Å². The summed E-state index contributed by atoms with van der Waals surface area (Å²) in [5.41, 5.74) is 3.31. The van der Waals surface area contributed by atoms with E-state index in [0.29, 0.717) is 0 Å². The van der Waals surface area contributed by atoms with Crippen molar-refractivity contribution in [1.82, 2.24) is 0 Å². The van der Waals surface area contributed by atoms with Crippen LogP contribution in [-0.4, -0.2) is 57.4 Å². The molecule has 0 amide bonds. The van der Waals surface area contributed by atoms with Gasteiger partial charge in [0.25, 0.3) is 30.4 Å². The zero-order valence-electron chi connectivity index (χ0n) is 40.0. The van der Waals surface area contributed by atoms with Gasteiger partial charge in [-0.25, -0.2) is 0 Å². The Morgan fingerprint density at radius 2 is 0.507 bits per heavy atom. The van der Waals surface area contributed by atoms with E-state index in [-0.39, 0.29) is 14.7 Å². The van der Waals surface area contributed by atoms with Crippen LogP contribution in [0.4, 0.5) is 0 Å².